The van der Waals surface area contributed by atoms with Crippen molar-refractivity contribution in [2.24, 2.45) is 5.10 Å². The van der Waals surface area contributed by atoms with Crippen LogP contribution in [0.2, 0.25) is 0 Å². The van der Waals surface area contributed by atoms with Gasteiger partial charge in [-0.1, -0.05) is 29.8 Å². The van der Waals surface area contributed by atoms with Crippen LogP contribution >= 0.6 is 0 Å². The number of hydrogen-bond donors (Lipinski definition) is 2. The molecule has 0 bridgehead atoms. The Balaban J connectivity index is 2.20. The lowest BCUT2D eigenvalue weighted by atomic mass is 10.1. The predicted molar refractivity (Wildman–Crippen MR) is 74.4 cm³/mol. The molecule has 2 rings (SSSR count). The molecule has 0 atom stereocenters. The van der Waals surface area contributed by atoms with Crippen LogP contribution in [0.1, 0.15) is 23.7 Å². The van der Waals surface area contributed by atoms with Gasteiger partial charge in [0.2, 0.25) is 0 Å². The number of aromatic nitrogens is 3. The van der Waals surface area contributed by atoms with Crippen LogP contribution in [0.3, 0.4) is 0 Å². The van der Waals surface area contributed by atoms with Crippen LogP contribution in [-0.4, -0.2) is 20.9 Å². The minimum absolute atomic E-state index is 0.357. The van der Waals surface area contributed by atoms with Crippen LogP contribution in [0.15, 0.2) is 34.2 Å². The molecule has 0 fully saturated rings. The first-order valence-electron chi connectivity index (χ1n) is 5.87. The van der Waals surface area contributed by atoms with Crippen molar-refractivity contribution in [2.45, 2.75) is 20.8 Å². The van der Waals surface area contributed by atoms with E-state index in [2.05, 4.69) is 25.7 Å². The van der Waals surface area contributed by atoms with E-state index in [0.29, 0.717) is 11.5 Å². The van der Waals surface area contributed by atoms with E-state index in [9.17, 15) is 4.79 Å². The zero-order valence-electron chi connectivity index (χ0n) is 11.1. The Morgan fingerprint density at radius 2 is 1.95 bits per heavy atom. The molecule has 6 nitrogen and oxygen atoms in total. The number of H-pyrrole nitrogens is 1. The SMILES string of the molecule is C/C(=N/Nc1nc(=O)[nH]nc1C)c1ccc(C)cc1. The highest BCUT2D eigenvalue weighted by atomic mass is 16.1. The highest BCUT2D eigenvalue weighted by Gasteiger charge is 2.02. The molecule has 0 aliphatic rings. The van der Waals surface area contributed by atoms with Gasteiger partial charge in [0.1, 0.15) is 5.69 Å². The third-order valence-corrected chi connectivity index (χ3v) is 2.67. The summed E-state index contributed by atoms with van der Waals surface area (Å²) in [6.45, 7) is 5.65. The Labute approximate surface area is 110 Å². The number of anilines is 1. The monoisotopic (exact) mass is 257 g/mol. The van der Waals surface area contributed by atoms with Gasteiger partial charge < -0.3 is 0 Å². The summed E-state index contributed by atoms with van der Waals surface area (Å²) in [5.74, 6) is 0.357. The molecule has 0 saturated carbocycles. The van der Waals surface area contributed by atoms with E-state index in [0.717, 1.165) is 11.3 Å². The van der Waals surface area contributed by atoms with Crippen LogP contribution < -0.4 is 11.1 Å². The molecule has 19 heavy (non-hydrogen) atoms. The number of nitrogens with one attached hydrogen (secondary N) is 2. The maximum atomic E-state index is 11.1. The van der Waals surface area contributed by atoms with E-state index in [1.54, 1.807) is 6.92 Å². The highest BCUT2D eigenvalue weighted by molar-refractivity contribution is 5.99. The molecule has 0 aliphatic carbocycles. The van der Waals surface area contributed by atoms with E-state index in [1.165, 1.54) is 5.56 Å². The molecular formula is C13H15N5O. The average molecular weight is 257 g/mol. The van der Waals surface area contributed by atoms with Gasteiger partial charge in [0, 0.05) is 0 Å². The summed E-state index contributed by atoms with van der Waals surface area (Å²) in [7, 11) is 0. The topological polar surface area (TPSA) is 83.0 Å². The molecular weight excluding hydrogens is 242 g/mol. The molecule has 2 N–H and O–H groups in total. The van der Waals surface area contributed by atoms with Crippen molar-refractivity contribution in [1.29, 1.82) is 0 Å². The molecule has 1 aromatic heterocycles. The lowest BCUT2D eigenvalue weighted by molar-refractivity contribution is 0.879. The molecule has 1 heterocycles. The van der Waals surface area contributed by atoms with Crippen LogP contribution in [0.4, 0.5) is 5.82 Å². The number of aryl methyl sites for hydroxylation is 2. The van der Waals surface area contributed by atoms with Gasteiger partial charge in [-0.2, -0.15) is 15.2 Å². The minimum Gasteiger partial charge on any atom is -0.259 e. The largest absolute Gasteiger partial charge is 0.363 e. The highest BCUT2D eigenvalue weighted by Crippen LogP contribution is 2.07. The number of hydrogen-bond acceptors (Lipinski definition) is 5. The molecule has 0 unspecified atom stereocenters. The number of rotatable bonds is 3. The van der Waals surface area contributed by atoms with Crippen molar-refractivity contribution in [2.75, 3.05) is 5.43 Å². The summed E-state index contributed by atoms with van der Waals surface area (Å²) in [6, 6.07) is 8.03. The molecule has 0 saturated heterocycles. The maximum absolute atomic E-state index is 11.1. The summed E-state index contributed by atoms with van der Waals surface area (Å²) >= 11 is 0. The van der Waals surface area contributed by atoms with Gasteiger partial charge in [-0.05, 0) is 26.3 Å². The maximum Gasteiger partial charge on any atom is 0.363 e. The zero-order chi connectivity index (χ0) is 13.8. The van der Waals surface area contributed by atoms with Crippen molar-refractivity contribution in [1.82, 2.24) is 15.2 Å². The van der Waals surface area contributed by atoms with Crippen molar-refractivity contribution in [3.05, 3.63) is 51.6 Å². The van der Waals surface area contributed by atoms with E-state index >= 15 is 0 Å². The van der Waals surface area contributed by atoms with Crippen molar-refractivity contribution in [3.63, 3.8) is 0 Å². The normalized spacial score (nSPS) is 11.4. The molecule has 1 aromatic carbocycles. The molecule has 0 amide bonds. The summed E-state index contributed by atoms with van der Waals surface area (Å²) < 4.78 is 0. The Morgan fingerprint density at radius 1 is 1.26 bits per heavy atom. The van der Waals surface area contributed by atoms with Crippen LogP contribution in [0, 0.1) is 13.8 Å². The first-order chi connectivity index (χ1) is 9.06. The number of benzene rings is 1. The first kappa shape index (κ1) is 12.9. The van der Waals surface area contributed by atoms with Gasteiger partial charge in [-0.25, -0.2) is 9.89 Å². The molecule has 0 aliphatic heterocycles. The predicted octanol–water partition coefficient (Wildman–Crippen LogP) is 1.62. The quantitative estimate of drug-likeness (QED) is 0.646. The number of nitrogens with zero attached hydrogens (tertiary/aromatic N) is 3. The Kier molecular flexibility index (Phi) is 3.70. The van der Waals surface area contributed by atoms with Gasteiger partial charge in [0.05, 0.1) is 5.71 Å². The first-order valence-corrected chi connectivity index (χ1v) is 5.87. The summed E-state index contributed by atoms with van der Waals surface area (Å²) in [6.07, 6.45) is 0. The fourth-order valence-corrected chi connectivity index (χ4v) is 1.49. The fraction of sp³-hybridized carbons (Fsp3) is 0.231. The summed E-state index contributed by atoms with van der Waals surface area (Å²) in [4.78, 5) is 14.8. The lowest BCUT2D eigenvalue weighted by Gasteiger charge is -2.04. The van der Waals surface area contributed by atoms with Crippen LogP contribution in [0.25, 0.3) is 0 Å². The van der Waals surface area contributed by atoms with E-state index < -0.39 is 5.69 Å². The summed E-state index contributed by atoms with van der Waals surface area (Å²) in [5, 5.41) is 10.3. The molecule has 6 heteroatoms. The lowest BCUT2D eigenvalue weighted by Crippen LogP contribution is -2.16. The zero-order valence-corrected chi connectivity index (χ0v) is 11.1. The summed E-state index contributed by atoms with van der Waals surface area (Å²) in [5.41, 5.74) is 5.85. The third-order valence-electron chi connectivity index (χ3n) is 2.67. The van der Waals surface area contributed by atoms with Gasteiger partial charge in [-0.15, -0.1) is 0 Å². The molecule has 98 valence electrons. The van der Waals surface area contributed by atoms with Crippen molar-refractivity contribution in [3.8, 4) is 0 Å². The number of aromatic amines is 1. The van der Waals surface area contributed by atoms with Crippen LogP contribution in [0.5, 0.6) is 0 Å². The smallest absolute Gasteiger partial charge is 0.259 e. The van der Waals surface area contributed by atoms with E-state index in [-0.39, 0.29) is 0 Å². The molecule has 0 spiro atoms. The Hall–Kier alpha value is -2.50. The minimum atomic E-state index is -0.503. The molecule has 0 radical (unpaired) electrons. The fourth-order valence-electron chi connectivity index (χ4n) is 1.49. The van der Waals surface area contributed by atoms with Crippen molar-refractivity contribution >= 4 is 11.5 Å². The average Bonchev–Trinajstić information content (AvgIpc) is 2.40. The van der Waals surface area contributed by atoms with E-state index in [1.807, 2.05) is 38.1 Å². The van der Waals surface area contributed by atoms with Crippen molar-refractivity contribution < 1.29 is 0 Å². The number of hydrazone groups is 1. The van der Waals surface area contributed by atoms with Crippen LogP contribution in [-0.2, 0) is 0 Å². The van der Waals surface area contributed by atoms with Gasteiger partial charge in [-0.3, -0.25) is 5.43 Å². The second-order valence-electron chi connectivity index (χ2n) is 4.25. The Bertz CT molecular complexity index is 657. The van der Waals surface area contributed by atoms with Gasteiger partial charge >= 0.3 is 5.69 Å². The standard InChI is InChI=1S/C13H15N5O/c1-8-4-6-11(7-5-8)9(2)15-17-12-10(3)16-18-13(19)14-12/h4-7H,1-3H3,(H2,14,17,18,19)/b15-9-. The van der Waals surface area contributed by atoms with E-state index in [4.69, 9.17) is 0 Å². The Morgan fingerprint density at radius 3 is 2.63 bits per heavy atom. The van der Waals surface area contributed by atoms with Gasteiger partial charge in [0.25, 0.3) is 0 Å². The third kappa shape index (κ3) is 3.25. The molecule has 2 aromatic rings. The second kappa shape index (κ2) is 5.43. The van der Waals surface area contributed by atoms with Gasteiger partial charge in [0.15, 0.2) is 5.82 Å². The second-order valence-corrected chi connectivity index (χ2v) is 4.25.